The van der Waals surface area contributed by atoms with Crippen LogP contribution < -0.4 is 5.32 Å². The van der Waals surface area contributed by atoms with Crippen molar-refractivity contribution in [3.05, 3.63) is 59.2 Å². The molecule has 0 aliphatic carbocycles. The van der Waals surface area contributed by atoms with Crippen LogP contribution in [0.25, 0.3) is 10.4 Å². The summed E-state index contributed by atoms with van der Waals surface area (Å²) in [6.45, 7) is 0. The van der Waals surface area contributed by atoms with Crippen LogP contribution in [0.3, 0.4) is 0 Å². The van der Waals surface area contributed by atoms with Gasteiger partial charge in [0.15, 0.2) is 0 Å². The highest BCUT2D eigenvalue weighted by atomic mass is 32.1. The molecule has 0 unspecified atom stereocenters. The predicted molar refractivity (Wildman–Crippen MR) is 86.7 cm³/mol. The Balaban J connectivity index is 1.93. The number of nitriles is 1. The zero-order chi connectivity index (χ0) is 16.2. The maximum Gasteiger partial charge on any atom is 0.345 e. The molecule has 0 saturated carbocycles. The molecule has 2 N–H and O–H groups in total. The van der Waals surface area contributed by atoms with Gasteiger partial charge in [0.05, 0.1) is 11.3 Å². The van der Waals surface area contributed by atoms with E-state index in [0.29, 0.717) is 17.2 Å². The molecule has 112 valence electrons. The minimum Gasteiger partial charge on any atom is -0.477 e. The van der Waals surface area contributed by atoms with E-state index in [0.717, 1.165) is 10.4 Å². The lowest BCUT2D eigenvalue weighted by molar-refractivity contribution is 0.0702. The maximum absolute atomic E-state index is 11.0. The molecule has 0 fully saturated rings. The normalized spacial score (nSPS) is 10.0. The highest BCUT2D eigenvalue weighted by Crippen LogP contribution is 2.31. The zero-order valence-corrected chi connectivity index (χ0v) is 12.5. The predicted octanol–water partition coefficient (Wildman–Crippen LogP) is 3.52. The van der Waals surface area contributed by atoms with Gasteiger partial charge in [0.25, 0.3) is 0 Å². The highest BCUT2D eigenvalue weighted by Gasteiger charge is 2.11. The Hall–Kier alpha value is -3.24. The van der Waals surface area contributed by atoms with Crippen LogP contribution in [0, 0.1) is 11.3 Å². The number of aromatic carboxylic acids is 1. The molecule has 0 aliphatic rings. The molecule has 3 rings (SSSR count). The van der Waals surface area contributed by atoms with Gasteiger partial charge in [-0.15, -0.1) is 11.3 Å². The van der Waals surface area contributed by atoms with E-state index < -0.39 is 5.97 Å². The standard InChI is InChI=1S/C16H10N4O2S/c17-9-11-8-10(13-4-5-14(23-13)15(21)22)2-3-12(11)20-16-18-6-1-7-19-16/h1-8H,(H,21,22)(H,18,19,20). The van der Waals surface area contributed by atoms with Crippen molar-refractivity contribution in [3.8, 4) is 16.5 Å². The molecular weight excluding hydrogens is 312 g/mol. The number of rotatable bonds is 4. The summed E-state index contributed by atoms with van der Waals surface area (Å²) >= 11 is 1.17. The van der Waals surface area contributed by atoms with E-state index in [2.05, 4.69) is 21.4 Å². The van der Waals surface area contributed by atoms with Crippen LogP contribution >= 0.6 is 11.3 Å². The monoisotopic (exact) mass is 322 g/mol. The zero-order valence-electron chi connectivity index (χ0n) is 11.7. The van der Waals surface area contributed by atoms with Gasteiger partial charge in [0, 0.05) is 17.3 Å². The molecule has 2 aromatic heterocycles. The Bertz CT molecular complexity index is 900. The lowest BCUT2D eigenvalue weighted by atomic mass is 10.1. The van der Waals surface area contributed by atoms with E-state index in [9.17, 15) is 10.1 Å². The van der Waals surface area contributed by atoms with Gasteiger partial charge < -0.3 is 10.4 Å². The fraction of sp³-hybridized carbons (Fsp3) is 0. The Labute approximate surface area is 135 Å². The topological polar surface area (TPSA) is 98.9 Å². The minimum atomic E-state index is -0.957. The molecule has 6 nitrogen and oxygen atoms in total. The number of anilines is 2. The number of carboxylic acid groups (broad SMARTS) is 1. The fourth-order valence-electron chi connectivity index (χ4n) is 1.99. The Morgan fingerprint density at radius 1 is 1.22 bits per heavy atom. The van der Waals surface area contributed by atoms with Crippen molar-refractivity contribution in [1.29, 1.82) is 5.26 Å². The molecule has 2 heterocycles. The van der Waals surface area contributed by atoms with Gasteiger partial charge in [0.1, 0.15) is 10.9 Å². The molecule has 0 saturated heterocycles. The first kappa shape index (κ1) is 14.7. The van der Waals surface area contributed by atoms with Crippen LogP contribution in [0.1, 0.15) is 15.2 Å². The van der Waals surface area contributed by atoms with Gasteiger partial charge in [-0.3, -0.25) is 0 Å². The van der Waals surface area contributed by atoms with E-state index in [4.69, 9.17) is 5.11 Å². The third-order valence-corrected chi connectivity index (χ3v) is 4.18. The molecular formula is C16H10N4O2S. The Morgan fingerprint density at radius 2 is 2.00 bits per heavy atom. The van der Waals surface area contributed by atoms with Crippen LogP contribution in [0.5, 0.6) is 0 Å². The number of thiophene rings is 1. The fourth-order valence-corrected chi connectivity index (χ4v) is 2.83. The largest absolute Gasteiger partial charge is 0.477 e. The number of hydrogen-bond donors (Lipinski definition) is 2. The average molecular weight is 322 g/mol. The number of aromatic nitrogens is 2. The van der Waals surface area contributed by atoms with Crippen molar-refractivity contribution in [2.24, 2.45) is 0 Å². The number of nitrogens with one attached hydrogen (secondary N) is 1. The second-order valence-electron chi connectivity index (χ2n) is 4.54. The third-order valence-electron chi connectivity index (χ3n) is 3.05. The van der Waals surface area contributed by atoms with Gasteiger partial charge in [0.2, 0.25) is 5.95 Å². The second-order valence-corrected chi connectivity index (χ2v) is 5.62. The van der Waals surface area contributed by atoms with Crippen LogP contribution in [0.4, 0.5) is 11.6 Å². The lowest BCUT2D eigenvalue weighted by Crippen LogP contribution is -1.98. The molecule has 0 bridgehead atoms. The van der Waals surface area contributed by atoms with Crippen molar-refractivity contribution in [1.82, 2.24) is 9.97 Å². The Kier molecular flexibility index (Phi) is 3.99. The van der Waals surface area contributed by atoms with Crippen molar-refractivity contribution in [2.75, 3.05) is 5.32 Å². The number of hydrogen-bond acceptors (Lipinski definition) is 6. The summed E-state index contributed by atoms with van der Waals surface area (Å²) in [4.78, 5) is 20.1. The highest BCUT2D eigenvalue weighted by molar-refractivity contribution is 7.17. The lowest BCUT2D eigenvalue weighted by Gasteiger charge is -2.07. The molecule has 7 heteroatoms. The summed E-state index contributed by atoms with van der Waals surface area (Å²) in [7, 11) is 0. The van der Waals surface area contributed by atoms with Gasteiger partial charge >= 0.3 is 5.97 Å². The maximum atomic E-state index is 11.0. The van der Waals surface area contributed by atoms with Gasteiger partial charge in [-0.05, 0) is 35.9 Å². The van der Waals surface area contributed by atoms with E-state index in [-0.39, 0.29) is 4.88 Å². The molecule has 0 spiro atoms. The first-order valence-corrected chi connectivity index (χ1v) is 7.41. The van der Waals surface area contributed by atoms with Gasteiger partial charge in [-0.25, -0.2) is 14.8 Å². The van der Waals surface area contributed by atoms with Crippen LogP contribution in [-0.2, 0) is 0 Å². The second kappa shape index (κ2) is 6.25. The van der Waals surface area contributed by atoms with Crippen LogP contribution in [-0.4, -0.2) is 21.0 Å². The van der Waals surface area contributed by atoms with E-state index in [1.807, 2.05) is 6.07 Å². The summed E-state index contributed by atoms with van der Waals surface area (Å²) in [5, 5.41) is 21.3. The van der Waals surface area contributed by atoms with Crippen molar-refractivity contribution < 1.29 is 9.90 Å². The number of carbonyl (C=O) groups is 1. The Morgan fingerprint density at radius 3 is 2.65 bits per heavy atom. The molecule has 3 aromatic rings. The molecule has 0 amide bonds. The summed E-state index contributed by atoms with van der Waals surface area (Å²) < 4.78 is 0. The van der Waals surface area contributed by atoms with Crippen LogP contribution in [0.2, 0.25) is 0 Å². The summed E-state index contributed by atoms with van der Waals surface area (Å²) in [5.74, 6) is -0.553. The van der Waals surface area contributed by atoms with Crippen molar-refractivity contribution in [2.45, 2.75) is 0 Å². The summed E-state index contributed by atoms with van der Waals surface area (Å²) in [6, 6.07) is 12.4. The average Bonchev–Trinajstić information content (AvgIpc) is 3.06. The summed E-state index contributed by atoms with van der Waals surface area (Å²) in [6.07, 6.45) is 3.21. The van der Waals surface area contributed by atoms with E-state index in [1.54, 1.807) is 42.7 Å². The quantitative estimate of drug-likeness (QED) is 0.762. The molecule has 0 atom stereocenters. The molecule has 23 heavy (non-hydrogen) atoms. The first-order chi connectivity index (χ1) is 11.2. The molecule has 1 aromatic carbocycles. The van der Waals surface area contributed by atoms with Gasteiger partial charge in [-0.1, -0.05) is 6.07 Å². The van der Waals surface area contributed by atoms with E-state index in [1.165, 1.54) is 11.3 Å². The minimum absolute atomic E-state index is 0.262. The van der Waals surface area contributed by atoms with E-state index >= 15 is 0 Å². The summed E-state index contributed by atoms with van der Waals surface area (Å²) in [5.41, 5.74) is 1.82. The van der Waals surface area contributed by atoms with Gasteiger partial charge in [-0.2, -0.15) is 5.26 Å². The molecule has 0 aliphatic heterocycles. The van der Waals surface area contributed by atoms with Crippen molar-refractivity contribution in [3.63, 3.8) is 0 Å². The first-order valence-electron chi connectivity index (χ1n) is 6.59. The number of nitrogens with zero attached hydrogens (tertiary/aromatic N) is 3. The third kappa shape index (κ3) is 3.17. The smallest absolute Gasteiger partial charge is 0.345 e. The SMILES string of the molecule is N#Cc1cc(-c2ccc(C(=O)O)s2)ccc1Nc1ncccn1. The number of benzene rings is 1. The van der Waals surface area contributed by atoms with Crippen molar-refractivity contribution >= 4 is 28.9 Å². The number of carboxylic acids is 1. The molecule has 0 radical (unpaired) electrons. The van der Waals surface area contributed by atoms with Crippen LogP contribution in [0.15, 0.2) is 48.8 Å².